The van der Waals surface area contributed by atoms with Crippen molar-refractivity contribution < 1.29 is 19.5 Å². The molecule has 7 rings (SSSR count). The normalized spacial score (nSPS) is 24.6. The molecule has 1 saturated heterocycles. The van der Waals surface area contributed by atoms with E-state index in [0.29, 0.717) is 11.6 Å². The minimum atomic E-state index is -1.04. The summed E-state index contributed by atoms with van der Waals surface area (Å²) in [5.74, 6) is -2.29. The molecule has 33 heavy (non-hydrogen) atoms. The molecule has 3 aromatic carbocycles. The van der Waals surface area contributed by atoms with Crippen LogP contribution >= 0.6 is 0 Å². The Labute approximate surface area is 191 Å². The molecular formula is C28H23NO4. The summed E-state index contributed by atoms with van der Waals surface area (Å²) >= 11 is 0. The van der Waals surface area contributed by atoms with Gasteiger partial charge in [0.2, 0.25) is 11.8 Å². The van der Waals surface area contributed by atoms with Crippen LogP contribution in [0.2, 0.25) is 0 Å². The second-order valence-corrected chi connectivity index (χ2v) is 9.54. The van der Waals surface area contributed by atoms with Gasteiger partial charge in [-0.05, 0) is 58.0 Å². The average molecular weight is 437 g/mol. The molecule has 3 aromatic rings. The third kappa shape index (κ3) is 2.62. The van der Waals surface area contributed by atoms with E-state index in [9.17, 15) is 19.5 Å². The van der Waals surface area contributed by atoms with E-state index < -0.39 is 17.8 Å². The average Bonchev–Trinajstić information content (AvgIpc) is 3.09. The van der Waals surface area contributed by atoms with Crippen LogP contribution in [0.4, 0.5) is 5.69 Å². The Balaban J connectivity index is 1.51. The largest absolute Gasteiger partial charge is 0.478 e. The Morgan fingerprint density at radius 1 is 0.788 bits per heavy atom. The molecule has 2 bridgehead atoms. The number of imide groups is 1. The second kappa shape index (κ2) is 6.88. The number of benzene rings is 3. The SMILES string of the molecule is CC(C)c1ccc2c(c1)[C@H]1c3ccccc3[C@H]2[C@@H]2C(=O)N(c3ccc(C(=O)O)cc3)C(=O)[C@H]12. The number of hydrogen-bond acceptors (Lipinski definition) is 3. The summed E-state index contributed by atoms with van der Waals surface area (Å²) < 4.78 is 0. The van der Waals surface area contributed by atoms with Crippen molar-refractivity contribution in [2.24, 2.45) is 11.8 Å². The maximum Gasteiger partial charge on any atom is 0.335 e. The molecule has 0 unspecified atom stereocenters. The lowest BCUT2D eigenvalue weighted by atomic mass is 9.54. The molecular weight excluding hydrogens is 414 g/mol. The minimum Gasteiger partial charge on any atom is -0.478 e. The van der Waals surface area contributed by atoms with Gasteiger partial charge in [0.05, 0.1) is 23.1 Å². The molecule has 3 aliphatic carbocycles. The molecule has 0 saturated carbocycles. The van der Waals surface area contributed by atoms with Crippen LogP contribution in [-0.2, 0) is 9.59 Å². The van der Waals surface area contributed by atoms with Crippen molar-refractivity contribution in [1.82, 2.24) is 0 Å². The number of hydrogen-bond donors (Lipinski definition) is 1. The molecule has 4 atom stereocenters. The van der Waals surface area contributed by atoms with Gasteiger partial charge in [-0.1, -0.05) is 56.3 Å². The Bertz CT molecular complexity index is 1340. The number of carbonyl (C=O) groups is 3. The van der Waals surface area contributed by atoms with Crippen LogP contribution in [0.25, 0.3) is 0 Å². The van der Waals surface area contributed by atoms with Gasteiger partial charge in [-0.25, -0.2) is 9.69 Å². The van der Waals surface area contributed by atoms with E-state index in [1.807, 2.05) is 12.1 Å². The molecule has 2 amide bonds. The van der Waals surface area contributed by atoms with Gasteiger partial charge in [-0.15, -0.1) is 0 Å². The van der Waals surface area contributed by atoms with E-state index in [0.717, 1.165) is 22.3 Å². The predicted octanol–water partition coefficient (Wildman–Crippen LogP) is 4.90. The number of rotatable bonds is 3. The standard InChI is InChI=1S/C28H23NO4/c1-14(2)16-9-12-20-21(13-16)23-19-6-4-3-5-18(19)22(20)24-25(23)27(31)29(26(24)30)17-10-7-15(8-11-17)28(32)33/h3-14,22-25H,1-2H3,(H,32,33)/t22-,23-,24+,25-/m1/s1. The Morgan fingerprint density at radius 3 is 1.88 bits per heavy atom. The van der Waals surface area contributed by atoms with Gasteiger partial charge >= 0.3 is 5.97 Å². The van der Waals surface area contributed by atoms with Crippen molar-refractivity contribution in [3.8, 4) is 0 Å². The van der Waals surface area contributed by atoms with Gasteiger partial charge < -0.3 is 5.11 Å². The first-order valence-electron chi connectivity index (χ1n) is 11.3. The topological polar surface area (TPSA) is 74.7 Å². The number of nitrogens with zero attached hydrogens (tertiary/aromatic N) is 1. The molecule has 164 valence electrons. The molecule has 0 radical (unpaired) electrons. The highest BCUT2D eigenvalue weighted by molar-refractivity contribution is 6.23. The Kier molecular flexibility index (Phi) is 4.15. The fraction of sp³-hybridized carbons (Fsp3) is 0.250. The van der Waals surface area contributed by atoms with Crippen LogP contribution in [0.15, 0.2) is 66.7 Å². The summed E-state index contributed by atoms with van der Waals surface area (Å²) in [4.78, 5) is 40.1. The van der Waals surface area contributed by atoms with Crippen LogP contribution in [0.5, 0.6) is 0 Å². The molecule has 1 fully saturated rings. The molecule has 5 nitrogen and oxygen atoms in total. The summed E-state index contributed by atoms with van der Waals surface area (Å²) in [6.07, 6.45) is 0. The predicted molar refractivity (Wildman–Crippen MR) is 124 cm³/mol. The fourth-order valence-electron chi connectivity index (χ4n) is 6.11. The van der Waals surface area contributed by atoms with Crippen LogP contribution in [0.1, 0.15) is 69.8 Å². The van der Waals surface area contributed by atoms with Gasteiger partial charge in [0.15, 0.2) is 0 Å². The quantitative estimate of drug-likeness (QED) is 0.591. The van der Waals surface area contributed by atoms with E-state index in [2.05, 4.69) is 44.2 Å². The zero-order valence-electron chi connectivity index (χ0n) is 18.4. The highest BCUT2D eigenvalue weighted by atomic mass is 16.4. The van der Waals surface area contributed by atoms with Crippen molar-refractivity contribution in [1.29, 1.82) is 0 Å². The zero-order valence-corrected chi connectivity index (χ0v) is 18.4. The lowest BCUT2D eigenvalue weighted by molar-refractivity contribution is -0.122. The van der Waals surface area contributed by atoms with Crippen LogP contribution in [-0.4, -0.2) is 22.9 Å². The van der Waals surface area contributed by atoms with Crippen molar-refractivity contribution in [3.63, 3.8) is 0 Å². The summed E-state index contributed by atoms with van der Waals surface area (Å²) in [5.41, 5.74) is 6.37. The second-order valence-electron chi connectivity index (χ2n) is 9.54. The number of carboxylic acid groups (broad SMARTS) is 1. The minimum absolute atomic E-state index is 0.122. The van der Waals surface area contributed by atoms with Crippen LogP contribution in [0, 0.1) is 11.8 Å². The van der Waals surface area contributed by atoms with E-state index >= 15 is 0 Å². The summed E-state index contributed by atoms with van der Waals surface area (Å²) in [6.45, 7) is 4.32. The lowest BCUT2D eigenvalue weighted by Gasteiger charge is -2.46. The Hall–Kier alpha value is -3.73. The molecule has 0 aromatic heterocycles. The van der Waals surface area contributed by atoms with Crippen molar-refractivity contribution in [2.45, 2.75) is 31.6 Å². The van der Waals surface area contributed by atoms with Gasteiger partial charge in [0, 0.05) is 11.8 Å². The highest BCUT2D eigenvalue weighted by Gasteiger charge is 2.61. The van der Waals surface area contributed by atoms with E-state index in [4.69, 9.17) is 0 Å². The summed E-state index contributed by atoms with van der Waals surface area (Å²) in [5, 5.41) is 9.21. The monoisotopic (exact) mass is 437 g/mol. The fourth-order valence-corrected chi connectivity index (χ4v) is 6.11. The zero-order chi connectivity index (χ0) is 23.0. The van der Waals surface area contributed by atoms with Gasteiger partial charge in [0.25, 0.3) is 0 Å². The molecule has 1 aliphatic heterocycles. The maximum absolute atomic E-state index is 13.8. The molecule has 5 heteroatoms. The van der Waals surface area contributed by atoms with Crippen LogP contribution in [0.3, 0.4) is 0 Å². The van der Waals surface area contributed by atoms with E-state index in [1.165, 1.54) is 22.6 Å². The third-order valence-electron chi connectivity index (χ3n) is 7.60. The summed E-state index contributed by atoms with van der Waals surface area (Å²) in [7, 11) is 0. The van der Waals surface area contributed by atoms with Gasteiger partial charge in [-0.2, -0.15) is 0 Å². The molecule has 4 aliphatic rings. The first kappa shape index (κ1) is 19.9. The molecule has 1 heterocycles. The number of amides is 2. The number of anilines is 1. The van der Waals surface area contributed by atoms with Crippen LogP contribution < -0.4 is 4.90 Å². The Morgan fingerprint density at radius 2 is 1.33 bits per heavy atom. The number of carbonyl (C=O) groups excluding carboxylic acids is 2. The molecule has 0 spiro atoms. The lowest BCUT2D eigenvalue weighted by Crippen LogP contribution is -2.41. The first-order valence-corrected chi connectivity index (χ1v) is 11.3. The third-order valence-corrected chi connectivity index (χ3v) is 7.60. The van der Waals surface area contributed by atoms with Crippen molar-refractivity contribution >= 4 is 23.5 Å². The number of carboxylic acids is 1. The maximum atomic E-state index is 13.8. The van der Waals surface area contributed by atoms with Gasteiger partial charge in [0.1, 0.15) is 0 Å². The summed E-state index contributed by atoms with van der Waals surface area (Å²) in [6, 6.07) is 20.7. The van der Waals surface area contributed by atoms with E-state index in [-0.39, 0.29) is 29.2 Å². The van der Waals surface area contributed by atoms with Crippen molar-refractivity contribution in [3.05, 3.63) is 100 Å². The highest BCUT2D eigenvalue weighted by Crippen LogP contribution is 2.61. The van der Waals surface area contributed by atoms with Crippen molar-refractivity contribution in [2.75, 3.05) is 4.90 Å². The first-order chi connectivity index (χ1) is 15.9. The van der Waals surface area contributed by atoms with Gasteiger partial charge in [-0.3, -0.25) is 9.59 Å². The smallest absolute Gasteiger partial charge is 0.335 e. The van der Waals surface area contributed by atoms with E-state index in [1.54, 1.807) is 12.1 Å². The molecule has 1 N–H and O–H groups in total. The number of aromatic carboxylic acids is 1.